The molecule has 0 spiro atoms. The summed E-state index contributed by atoms with van der Waals surface area (Å²) in [7, 11) is 0. The quantitative estimate of drug-likeness (QED) is 0.214. The molecule has 2 nitrogen and oxygen atoms in total. The molecule has 8 heteroatoms. The smallest absolute Gasteiger partial charge is 0.387 e. The van der Waals surface area contributed by atoms with E-state index in [-0.39, 0.29) is 35.1 Å². The maximum atomic E-state index is 15.2. The predicted molar refractivity (Wildman–Crippen MR) is 125 cm³/mol. The van der Waals surface area contributed by atoms with Crippen LogP contribution < -0.4 is 9.47 Å². The zero-order valence-electron chi connectivity index (χ0n) is 19.3. The molecule has 0 saturated carbocycles. The number of hydrogen-bond acceptors (Lipinski definition) is 2. The zero-order chi connectivity index (χ0) is 25.8. The van der Waals surface area contributed by atoms with Gasteiger partial charge in [0.05, 0.1) is 12.2 Å². The first-order valence-corrected chi connectivity index (χ1v) is 11.3. The molecule has 0 aromatic heterocycles. The summed E-state index contributed by atoms with van der Waals surface area (Å²) in [6.07, 6.45) is 1.18. The minimum Gasteiger partial charge on any atom is -0.493 e. The SMILES string of the molecule is CCCOc1cc(F)c(-c2ccc3c(F)c(CCc4ccc(OC(F)F)c(F)c4)ccc3c2)c(F)c1. The zero-order valence-corrected chi connectivity index (χ0v) is 19.3. The molecule has 0 atom stereocenters. The van der Waals surface area contributed by atoms with E-state index in [4.69, 9.17) is 4.74 Å². The van der Waals surface area contributed by atoms with Gasteiger partial charge in [-0.1, -0.05) is 37.3 Å². The lowest BCUT2D eigenvalue weighted by atomic mass is 9.96. The number of halogens is 6. The van der Waals surface area contributed by atoms with Gasteiger partial charge in [-0.05, 0) is 59.5 Å². The minimum absolute atomic E-state index is 0.100. The Hall–Kier alpha value is -3.68. The summed E-state index contributed by atoms with van der Waals surface area (Å²) in [4.78, 5) is 0. The van der Waals surface area contributed by atoms with Crippen LogP contribution in [0.1, 0.15) is 24.5 Å². The van der Waals surface area contributed by atoms with Crippen molar-refractivity contribution in [2.75, 3.05) is 6.61 Å². The largest absolute Gasteiger partial charge is 0.493 e. The first kappa shape index (κ1) is 25.4. The monoisotopic (exact) mass is 504 g/mol. The molecule has 36 heavy (non-hydrogen) atoms. The van der Waals surface area contributed by atoms with Crippen LogP contribution in [0.3, 0.4) is 0 Å². The van der Waals surface area contributed by atoms with Gasteiger partial charge in [0.15, 0.2) is 11.6 Å². The van der Waals surface area contributed by atoms with Crippen molar-refractivity contribution in [3.8, 4) is 22.6 Å². The number of benzene rings is 4. The lowest BCUT2D eigenvalue weighted by Crippen LogP contribution is -2.04. The highest BCUT2D eigenvalue weighted by Gasteiger charge is 2.16. The summed E-state index contributed by atoms with van der Waals surface area (Å²) in [6.45, 7) is -0.917. The third-order valence-corrected chi connectivity index (χ3v) is 5.71. The molecule has 188 valence electrons. The third kappa shape index (κ3) is 5.58. The first-order valence-electron chi connectivity index (χ1n) is 11.3. The van der Waals surface area contributed by atoms with Crippen molar-refractivity contribution < 1.29 is 35.8 Å². The van der Waals surface area contributed by atoms with E-state index in [1.165, 1.54) is 24.3 Å². The van der Waals surface area contributed by atoms with Gasteiger partial charge in [0, 0.05) is 17.5 Å². The molecule has 0 unspecified atom stereocenters. The predicted octanol–water partition coefficient (Wildman–Crippen LogP) is 8.24. The van der Waals surface area contributed by atoms with Crippen molar-refractivity contribution in [2.24, 2.45) is 0 Å². The Balaban J connectivity index is 1.55. The Morgan fingerprint density at radius 1 is 0.778 bits per heavy atom. The molecule has 0 aliphatic rings. The maximum Gasteiger partial charge on any atom is 0.387 e. The number of rotatable bonds is 9. The molecular weight excluding hydrogens is 482 g/mol. The van der Waals surface area contributed by atoms with Crippen LogP contribution in [0, 0.1) is 23.3 Å². The van der Waals surface area contributed by atoms with Gasteiger partial charge in [-0.2, -0.15) is 8.78 Å². The van der Waals surface area contributed by atoms with Crippen LogP contribution in [0.5, 0.6) is 11.5 Å². The highest BCUT2D eigenvalue weighted by molar-refractivity contribution is 5.88. The Morgan fingerprint density at radius 3 is 2.19 bits per heavy atom. The van der Waals surface area contributed by atoms with E-state index in [9.17, 15) is 22.0 Å². The Morgan fingerprint density at radius 2 is 1.53 bits per heavy atom. The third-order valence-electron chi connectivity index (χ3n) is 5.71. The fourth-order valence-electron chi connectivity index (χ4n) is 3.98. The van der Waals surface area contributed by atoms with Crippen molar-refractivity contribution in [3.63, 3.8) is 0 Å². The Kier molecular flexibility index (Phi) is 7.72. The fourth-order valence-corrected chi connectivity index (χ4v) is 3.98. The van der Waals surface area contributed by atoms with Crippen LogP contribution in [-0.4, -0.2) is 13.2 Å². The van der Waals surface area contributed by atoms with Gasteiger partial charge in [-0.3, -0.25) is 0 Å². The standard InChI is InChI=1S/C28H22F6O2/c1-2-11-35-20-14-23(30)26(24(31)15-20)19-8-9-21-18(13-19)7-6-17(27(21)32)5-3-16-4-10-25(22(29)12-16)36-28(33)34/h4,6-10,12-15,28H,2-3,5,11H2,1H3. The van der Waals surface area contributed by atoms with Crippen LogP contribution in [-0.2, 0) is 12.8 Å². The van der Waals surface area contributed by atoms with Crippen LogP contribution >= 0.6 is 0 Å². The average Bonchev–Trinajstić information content (AvgIpc) is 2.83. The van der Waals surface area contributed by atoms with E-state index in [2.05, 4.69) is 4.74 Å². The topological polar surface area (TPSA) is 18.5 Å². The Labute approximate surface area is 204 Å². The van der Waals surface area contributed by atoms with Gasteiger partial charge in [-0.15, -0.1) is 0 Å². The van der Waals surface area contributed by atoms with Gasteiger partial charge < -0.3 is 9.47 Å². The summed E-state index contributed by atoms with van der Waals surface area (Å²) in [5, 5.41) is 0.727. The number of alkyl halides is 2. The van der Waals surface area contributed by atoms with Crippen LogP contribution in [0.15, 0.2) is 60.7 Å². The number of hydrogen-bond donors (Lipinski definition) is 0. The molecule has 4 aromatic rings. The summed E-state index contributed by atoms with van der Waals surface area (Å²) >= 11 is 0. The average molecular weight is 504 g/mol. The summed E-state index contributed by atoms with van der Waals surface area (Å²) in [6, 6.07) is 13.5. The second-order valence-electron chi connectivity index (χ2n) is 8.23. The van der Waals surface area contributed by atoms with E-state index in [1.807, 2.05) is 6.92 Å². The van der Waals surface area contributed by atoms with Gasteiger partial charge in [-0.25, -0.2) is 17.6 Å². The van der Waals surface area contributed by atoms with E-state index < -0.39 is 35.6 Å². The lowest BCUT2D eigenvalue weighted by molar-refractivity contribution is -0.0522. The molecule has 0 radical (unpaired) electrons. The first-order chi connectivity index (χ1) is 17.3. The molecule has 0 N–H and O–H groups in total. The second-order valence-corrected chi connectivity index (χ2v) is 8.23. The highest BCUT2D eigenvalue weighted by Crippen LogP contribution is 2.33. The summed E-state index contributed by atoms with van der Waals surface area (Å²) < 4.78 is 92.4. The molecule has 0 amide bonds. The molecule has 0 heterocycles. The van der Waals surface area contributed by atoms with E-state index in [0.29, 0.717) is 29.5 Å². The van der Waals surface area contributed by atoms with Gasteiger partial charge in [0.1, 0.15) is 23.2 Å². The number of aryl methyl sites for hydroxylation is 2. The van der Waals surface area contributed by atoms with Gasteiger partial charge >= 0.3 is 6.61 Å². The van der Waals surface area contributed by atoms with Crippen molar-refractivity contribution in [1.29, 1.82) is 0 Å². The molecule has 4 aromatic carbocycles. The molecule has 0 bridgehead atoms. The van der Waals surface area contributed by atoms with E-state index in [1.54, 1.807) is 12.1 Å². The lowest BCUT2D eigenvalue weighted by Gasteiger charge is -2.12. The molecule has 0 fully saturated rings. The maximum absolute atomic E-state index is 15.2. The number of ether oxygens (including phenoxy) is 2. The van der Waals surface area contributed by atoms with Crippen LogP contribution in [0.25, 0.3) is 21.9 Å². The molecule has 4 rings (SSSR count). The van der Waals surface area contributed by atoms with Crippen LogP contribution in [0.4, 0.5) is 26.3 Å². The summed E-state index contributed by atoms with van der Waals surface area (Å²) in [5.74, 6) is -3.45. The second kappa shape index (κ2) is 10.9. The minimum atomic E-state index is -3.13. The molecule has 0 aliphatic heterocycles. The number of fused-ring (bicyclic) bond motifs is 1. The Bertz CT molecular complexity index is 1360. The fraction of sp³-hybridized carbons (Fsp3) is 0.214. The van der Waals surface area contributed by atoms with E-state index >= 15 is 4.39 Å². The van der Waals surface area contributed by atoms with Crippen molar-refractivity contribution >= 4 is 10.8 Å². The highest BCUT2D eigenvalue weighted by atomic mass is 19.3. The summed E-state index contributed by atoms with van der Waals surface area (Å²) in [5.41, 5.74) is 0.874. The normalized spacial score (nSPS) is 11.3. The van der Waals surface area contributed by atoms with Gasteiger partial charge in [0.25, 0.3) is 0 Å². The van der Waals surface area contributed by atoms with Crippen molar-refractivity contribution in [1.82, 2.24) is 0 Å². The molecule has 0 saturated heterocycles. The molecule has 0 aliphatic carbocycles. The van der Waals surface area contributed by atoms with Crippen molar-refractivity contribution in [2.45, 2.75) is 32.8 Å². The van der Waals surface area contributed by atoms with Crippen LogP contribution in [0.2, 0.25) is 0 Å². The van der Waals surface area contributed by atoms with Crippen molar-refractivity contribution in [3.05, 3.63) is 95.1 Å². The van der Waals surface area contributed by atoms with Gasteiger partial charge in [0.2, 0.25) is 0 Å². The van der Waals surface area contributed by atoms with E-state index in [0.717, 1.165) is 24.3 Å². The molecular formula is C28H22F6O2.